The third kappa shape index (κ3) is 2.42. The van der Waals surface area contributed by atoms with Gasteiger partial charge in [0.2, 0.25) is 0 Å². The van der Waals surface area contributed by atoms with Crippen molar-refractivity contribution in [1.29, 1.82) is 0 Å². The van der Waals surface area contributed by atoms with Gasteiger partial charge in [-0.05, 0) is 0 Å². The van der Waals surface area contributed by atoms with E-state index in [0.717, 1.165) is 14.8 Å². The molecule has 0 saturated carbocycles. The molecule has 80 valence electrons. The van der Waals surface area contributed by atoms with E-state index in [9.17, 15) is 13.2 Å². The molecule has 0 unspecified atom stereocenters. The van der Waals surface area contributed by atoms with Crippen molar-refractivity contribution in [3.8, 4) is 0 Å². The Bertz CT molecular complexity index is 372. The van der Waals surface area contributed by atoms with Crippen LogP contribution in [-0.2, 0) is 0 Å². The summed E-state index contributed by atoms with van der Waals surface area (Å²) in [6, 6.07) is 1.74. The fraction of sp³-hybridized carbons (Fsp3) is 0.333. The Morgan fingerprint density at radius 3 is 2.00 bits per heavy atom. The first-order valence-electron chi connectivity index (χ1n) is 4.23. The summed E-state index contributed by atoms with van der Waals surface area (Å²) in [6.45, 7) is 0. The fourth-order valence-corrected chi connectivity index (χ4v) is 6.10. The molecular formula is C9H14AsF3Si. The number of hydrogen-bond donors (Lipinski definition) is 0. The van der Waals surface area contributed by atoms with Gasteiger partial charge < -0.3 is 0 Å². The SMILES string of the molecule is C[As](C)(C)([SiH3])c1cc(F)cc(F)c1F. The average Bonchev–Trinajstić information content (AvgIpc) is 1.92. The van der Waals surface area contributed by atoms with E-state index >= 15 is 0 Å². The summed E-state index contributed by atoms with van der Waals surface area (Å²) in [5.41, 5.74) is 5.88. The van der Waals surface area contributed by atoms with Gasteiger partial charge in [0.25, 0.3) is 0 Å². The van der Waals surface area contributed by atoms with Gasteiger partial charge in [0, 0.05) is 0 Å². The second-order valence-electron chi connectivity index (χ2n) is 5.30. The van der Waals surface area contributed by atoms with E-state index in [4.69, 9.17) is 0 Å². The molecule has 0 saturated heterocycles. The van der Waals surface area contributed by atoms with E-state index in [2.05, 4.69) is 0 Å². The van der Waals surface area contributed by atoms with Gasteiger partial charge in [0.1, 0.15) is 0 Å². The van der Waals surface area contributed by atoms with Crippen molar-refractivity contribution in [2.24, 2.45) is 0 Å². The van der Waals surface area contributed by atoms with Gasteiger partial charge in [-0.1, -0.05) is 0 Å². The van der Waals surface area contributed by atoms with Crippen LogP contribution in [0.5, 0.6) is 0 Å². The minimum atomic E-state index is -2.86. The molecular weight excluding hydrogens is 268 g/mol. The van der Waals surface area contributed by atoms with Crippen LogP contribution in [0, 0.1) is 17.5 Å². The van der Waals surface area contributed by atoms with Gasteiger partial charge in [-0.3, -0.25) is 0 Å². The first-order valence-corrected chi connectivity index (χ1v) is 17.3. The standard InChI is InChI=1S/C9H14AsF3Si/c1-10(2,3,14)7-4-6(11)5-8(12)9(7)13/h4-5H,1-3,14H3. The zero-order chi connectivity index (χ0) is 11.2. The van der Waals surface area contributed by atoms with Crippen LogP contribution in [0.25, 0.3) is 0 Å². The van der Waals surface area contributed by atoms with Gasteiger partial charge >= 0.3 is 84.7 Å². The van der Waals surface area contributed by atoms with Crippen molar-refractivity contribution in [3.63, 3.8) is 0 Å². The van der Waals surface area contributed by atoms with E-state index in [1.165, 1.54) is 0 Å². The molecule has 0 aliphatic carbocycles. The average molecular weight is 282 g/mol. The number of hydrogen-bond acceptors (Lipinski definition) is 0. The summed E-state index contributed by atoms with van der Waals surface area (Å²) in [6.07, 6.45) is 0. The fourth-order valence-electron chi connectivity index (χ4n) is 1.19. The number of halogens is 3. The van der Waals surface area contributed by atoms with E-state index in [0.29, 0.717) is 6.07 Å². The van der Waals surface area contributed by atoms with Crippen molar-refractivity contribution < 1.29 is 13.2 Å². The number of rotatable bonds is 1. The zero-order valence-corrected chi connectivity index (χ0v) is 12.6. The Hall–Kier alpha value is -0.215. The summed E-state index contributed by atoms with van der Waals surface area (Å²) in [7, 11) is 0.775. The summed E-state index contributed by atoms with van der Waals surface area (Å²) in [5.74, 6) is -2.62. The quantitative estimate of drug-likeness (QED) is 0.540. The van der Waals surface area contributed by atoms with Crippen LogP contribution in [0.4, 0.5) is 13.2 Å². The topological polar surface area (TPSA) is 0 Å². The molecule has 1 aromatic carbocycles. The molecule has 1 aromatic rings. The van der Waals surface area contributed by atoms with Crippen molar-refractivity contribution in [1.82, 2.24) is 0 Å². The molecule has 0 fully saturated rings. The van der Waals surface area contributed by atoms with Gasteiger partial charge in [0.05, 0.1) is 0 Å². The van der Waals surface area contributed by atoms with E-state index in [1.807, 2.05) is 17.1 Å². The van der Waals surface area contributed by atoms with Gasteiger partial charge in [-0.2, -0.15) is 0 Å². The van der Waals surface area contributed by atoms with Crippen LogP contribution in [-0.4, -0.2) is 20.5 Å². The molecule has 0 amide bonds. The third-order valence-electron chi connectivity index (χ3n) is 1.94. The predicted octanol–water partition coefficient (Wildman–Crippen LogP) is 1.47. The summed E-state index contributed by atoms with van der Waals surface area (Å²) in [5, 5.41) is 0. The molecule has 0 aliphatic heterocycles. The Labute approximate surface area is 85.0 Å². The van der Waals surface area contributed by atoms with E-state index < -0.39 is 29.2 Å². The van der Waals surface area contributed by atoms with Crippen molar-refractivity contribution in [2.75, 3.05) is 0 Å². The second-order valence-corrected chi connectivity index (χ2v) is 37.6. The third-order valence-corrected chi connectivity index (χ3v) is 9.17. The normalized spacial score (nSPS) is 15.1. The molecule has 0 aromatic heterocycles. The Morgan fingerprint density at radius 2 is 1.57 bits per heavy atom. The summed E-state index contributed by atoms with van der Waals surface area (Å²) in [4.78, 5) is 0. The Balaban J connectivity index is 3.51. The summed E-state index contributed by atoms with van der Waals surface area (Å²) >= 11 is -2.86. The van der Waals surface area contributed by atoms with Gasteiger partial charge in [-0.25, -0.2) is 0 Å². The summed E-state index contributed by atoms with van der Waals surface area (Å²) < 4.78 is 39.6. The van der Waals surface area contributed by atoms with Gasteiger partial charge in [0.15, 0.2) is 0 Å². The van der Waals surface area contributed by atoms with Crippen molar-refractivity contribution >= 4 is 24.9 Å². The maximum atomic E-state index is 13.4. The van der Waals surface area contributed by atoms with Crippen LogP contribution in [0.3, 0.4) is 0 Å². The molecule has 0 spiro atoms. The number of benzene rings is 1. The first-order chi connectivity index (χ1) is 6.08. The molecule has 0 radical (unpaired) electrons. The zero-order valence-electron chi connectivity index (χ0n) is 8.74. The molecule has 1 rings (SSSR count). The molecule has 0 N–H and O–H groups in total. The molecule has 14 heavy (non-hydrogen) atoms. The molecule has 0 bridgehead atoms. The molecule has 0 nitrogen and oxygen atoms in total. The van der Waals surface area contributed by atoms with Crippen LogP contribution < -0.4 is 4.35 Å². The first kappa shape index (κ1) is 11.9. The van der Waals surface area contributed by atoms with Gasteiger partial charge in [-0.15, -0.1) is 0 Å². The van der Waals surface area contributed by atoms with Crippen molar-refractivity contribution in [3.05, 3.63) is 29.6 Å². The van der Waals surface area contributed by atoms with E-state index in [1.54, 1.807) is 0 Å². The molecule has 0 aliphatic rings. The molecule has 0 heterocycles. The minimum absolute atomic E-state index is 0.285. The van der Waals surface area contributed by atoms with E-state index in [-0.39, 0.29) is 4.35 Å². The van der Waals surface area contributed by atoms with Crippen LogP contribution in [0.2, 0.25) is 17.1 Å². The molecule has 0 atom stereocenters. The van der Waals surface area contributed by atoms with Crippen molar-refractivity contribution in [2.45, 2.75) is 17.1 Å². The monoisotopic (exact) mass is 282 g/mol. The van der Waals surface area contributed by atoms with Crippen LogP contribution in [0.15, 0.2) is 12.1 Å². The van der Waals surface area contributed by atoms with Crippen LogP contribution in [0.1, 0.15) is 0 Å². The second kappa shape index (κ2) is 3.14. The Kier molecular flexibility index (Phi) is 2.66. The maximum absolute atomic E-state index is 13.4. The Morgan fingerprint density at radius 1 is 1.07 bits per heavy atom. The predicted molar refractivity (Wildman–Crippen MR) is 59.2 cm³/mol. The van der Waals surface area contributed by atoms with Crippen LogP contribution >= 0.6 is 0 Å². The molecule has 5 heteroatoms.